The molecule has 0 aliphatic rings. The summed E-state index contributed by atoms with van der Waals surface area (Å²) < 4.78 is 3.48. The predicted octanol–water partition coefficient (Wildman–Crippen LogP) is 2.25. The van der Waals surface area contributed by atoms with E-state index in [0.29, 0.717) is 0 Å². The number of nitrogens with zero attached hydrogens (tertiary/aromatic N) is 4. The van der Waals surface area contributed by atoms with E-state index in [1.54, 1.807) is 15.6 Å². The molecule has 5 heteroatoms. The van der Waals surface area contributed by atoms with Gasteiger partial charge in [0.2, 0.25) is 0 Å². The van der Waals surface area contributed by atoms with Crippen molar-refractivity contribution in [2.75, 3.05) is 0 Å². The molecule has 0 spiro atoms. The fourth-order valence-corrected chi connectivity index (χ4v) is 2.43. The Bertz CT molecular complexity index is 730. The van der Waals surface area contributed by atoms with Crippen LogP contribution in [0.5, 0.6) is 0 Å². The Morgan fingerprint density at radius 2 is 1.90 bits per heavy atom. The molecule has 0 saturated heterocycles. The Morgan fingerprint density at radius 3 is 2.57 bits per heavy atom. The number of hydrogen-bond acceptors (Lipinski definition) is 3. The summed E-state index contributed by atoms with van der Waals surface area (Å²) in [6, 6.07) is 13.5. The van der Waals surface area contributed by atoms with Gasteiger partial charge in [-0.2, -0.15) is 10.2 Å². The normalized spacial score (nSPS) is 12.5. The van der Waals surface area contributed by atoms with Crippen molar-refractivity contribution in [2.24, 2.45) is 7.05 Å². The molecule has 3 aromatic rings. The first-order valence-electron chi connectivity index (χ1n) is 7.01. The van der Waals surface area contributed by atoms with Crippen LogP contribution in [0.4, 0.5) is 0 Å². The molecular formula is C16H18N4O. The van der Waals surface area contributed by atoms with Crippen LogP contribution in [0.3, 0.4) is 0 Å². The van der Waals surface area contributed by atoms with Crippen LogP contribution in [-0.4, -0.2) is 24.7 Å². The third-order valence-corrected chi connectivity index (χ3v) is 3.56. The van der Waals surface area contributed by atoms with Gasteiger partial charge in [-0.05, 0) is 30.7 Å². The van der Waals surface area contributed by atoms with Crippen LogP contribution < -0.4 is 0 Å². The number of aromatic nitrogens is 4. The van der Waals surface area contributed by atoms with Gasteiger partial charge in [0.05, 0.1) is 22.8 Å². The molecule has 0 saturated carbocycles. The van der Waals surface area contributed by atoms with E-state index in [4.69, 9.17) is 0 Å². The zero-order valence-electron chi connectivity index (χ0n) is 12.1. The third kappa shape index (κ3) is 2.48. The van der Waals surface area contributed by atoms with Gasteiger partial charge in [-0.3, -0.25) is 4.68 Å². The zero-order chi connectivity index (χ0) is 14.8. The largest absolute Gasteiger partial charge is 0.380 e. The number of para-hydroxylation sites is 1. The van der Waals surface area contributed by atoms with Gasteiger partial charge in [-0.15, -0.1) is 0 Å². The number of aliphatic hydroxyl groups excluding tert-OH is 1. The molecule has 0 radical (unpaired) electrons. The molecule has 0 bridgehead atoms. The SMILES string of the molecule is CCc1cc(C(O)c2ccnn2-c2ccccc2)n(C)n1. The summed E-state index contributed by atoms with van der Waals surface area (Å²) in [5.41, 5.74) is 3.39. The molecular weight excluding hydrogens is 264 g/mol. The van der Waals surface area contributed by atoms with E-state index in [9.17, 15) is 5.11 Å². The van der Waals surface area contributed by atoms with Crippen molar-refractivity contribution in [3.8, 4) is 5.69 Å². The number of aryl methyl sites for hydroxylation is 2. The van der Waals surface area contributed by atoms with Crippen molar-refractivity contribution < 1.29 is 5.11 Å². The average Bonchev–Trinajstić information content (AvgIpc) is 3.14. The highest BCUT2D eigenvalue weighted by Gasteiger charge is 2.20. The summed E-state index contributed by atoms with van der Waals surface area (Å²) >= 11 is 0. The van der Waals surface area contributed by atoms with Crippen molar-refractivity contribution in [1.29, 1.82) is 0 Å². The molecule has 1 N–H and O–H groups in total. The number of hydrogen-bond donors (Lipinski definition) is 1. The van der Waals surface area contributed by atoms with Gasteiger partial charge < -0.3 is 5.11 Å². The third-order valence-electron chi connectivity index (χ3n) is 3.56. The van der Waals surface area contributed by atoms with E-state index < -0.39 is 6.10 Å². The van der Waals surface area contributed by atoms with Crippen LogP contribution in [0.2, 0.25) is 0 Å². The van der Waals surface area contributed by atoms with Crippen molar-refractivity contribution in [2.45, 2.75) is 19.4 Å². The highest BCUT2D eigenvalue weighted by atomic mass is 16.3. The Kier molecular flexibility index (Phi) is 3.58. The van der Waals surface area contributed by atoms with Crippen LogP contribution in [0.15, 0.2) is 48.7 Å². The van der Waals surface area contributed by atoms with Crippen molar-refractivity contribution in [1.82, 2.24) is 19.6 Å². The predicted molar refractivity (Wildman–Crippen MR) is 80.2 cm³/mol. The molecule has 2 aromatic heterocycles. The smallest absolute Gasteiger partial charge is 0.138 e. The second-order valence-electron chi connectivity index (χ2n) is 4.94. The molecule has 1 unspecified atom stereocenters. The molecule has 5 nitrogen and oxygen atoms in total. The fourth-order valence-electron chi connectivity index (χ4n) is 2.43. The average molecular weight is 282 g/mol. The van der Waals surface area contributed by atoms with Crippen LogP contribution in [0.1, 0.15) is 30.1 Å². The van der Waals surface area contributed by atoms with Crippen molar-refractivity contribution in [3.63, 3.8) is 0 Å². The maximum Gasteiger partial charge on any atom is 0.138 e. The summed E-state index contributed by atoms with van der Waals surface area (Å²) in [6.45, 7) is 2.05. The monoisotopic (exact) mass is 282 g/mol. The van der Waals surface area contributed by atoms with Gasteiger partial charge in [-0.1, -0.05) is 25.1 Å². The van der Waals surface area contributed by atoms with Crippen molar-refractivity contribution >= 4 is 0 Å². The molecule has 0 aliphatic carbocycles. The topological polar surface area (TPSA) is 55.9 Å². The van der Waals surface area contributed by atoms with Gasteiger partial charge >= 0.3 is 0 Å². The second-order valence-corrected chi connectivity index (χ2v) is 4.94. The number of rotatable bonds is 4. The summed E-state index contributed by atoms with van der Waals surface area (Å²) in [7, 11) is 1.85. The maximum atomic E-state index is 10.7. The van der Waals surface area contributed by atoms with Crippen LogP contribution >= 0.6 is 0 Å². The first kappa shape index (κ1) is 13.6. The molecule has 1 atom stereocenters. The Hall–Kier alpha value is -2.40. The lowest BCUT2D eigenvalue weighted by Gasteiger charge is -2.13. The minimum Gasteiger partial charge on any atom is -0.380 e. The van der Waals surface area contributed by atoms with Crippen LogP contribution in [0, 0.1) is 0 Å². The first-order valence-corrected chi connectivity index (χ1v) is 7.01. The quantitative estimate of drug-likeness (QED) is 0.798. The van der Waals surface area contributed by atoms with Gasteiger partial charge in [0.25, 0.3) is 0 Å². The van der Waals surface area contributed by atoms with Gasteiger partial charge in [0.15, 0.2) is 0 Å². The lowest BCUT2D eigenvalue weighted by atomic mass is 10.1. The lowest BCUT2D eigenvalue weighted by molar-refractivity contribution is 0.201. The van der Waals surface area contributed by atoms with E-state index in [1.807, 2.05) is 56.4 Å². The zero-order valence-corrected chi connectivity index (χ0v) is 12.1. The van der Waals surface area contributed by atoms with Gasteiger partial charge in [-0.25, -0.2) is 4.68 Å². The van der Waals surface area contributed by atoms with Crippen molar-refractivity contribution in [3.05, 3.63) is 65.7 Å². The maximum absolute atomic E-state index is 10.7. The van der Waals surface area contributed by atoms with Gasteiger partial charge in [0, 0.05) is 13.2 Å². The molecule has 2 heterocycles. The number of aliphatic hydroxyl groups is 1. The van der Waals surface area contributed by atoms with Crippen LogP contribution in [-0.2, 0) is 13.5 Å². The Morgan fingerprint density at radius 1 is 1.14 bits per heavy atom. The van der Waals surface area contributed by atoms with Gasteiger partial charge in [0.1, 0.15) is 6.10 Å². The minimum absolute atomic E-state index is 0.729. The van der Waals surface area contributed by atoms with E-state index >= 15 is 0 Å². The highest BCUT2D eigenvalue weighted by Crippen LogP contribution is 2.24. The van der Waals surface area contributed by atoms with E-state index in [2.05, 4.69) is 10.2 Å². The summed E-state index contributed by atoms with van der Waals surface area (Å²) in [5.74, 6) is 0. The fraction of sp³-hybridized carbons (Fsp3) is 0.250. The minimum atomic E-state index is -0.759. The Balaban J connectivity index is 2.01. The molecule has 0 aliphatic heterocycles. The lowest BCUT2D eigenvalue weighted by Crippen LogP contribution is -2.11. The summed E-state index contributed by atoms with van der Waals surface area (Å²) in [5, 5.41) is 19.4. The highest BCUT2D eigenvalue weighted by molar-refractivity contribution is 5.34. The molecule has 0 fully saturated rings. The molecule has 0 amide bonds. The standard InChI is InChI=1S/C16H18N4O/c1-3-12-11-15(19(2)18-12)16(21)14-9-10-17-20(14)13-7-5-4-6-8-13/h4-11,16,21H,3H2,1-2H3. The molecule has 3 rings (SSSR count). The second kappa shape index (κ2) is 5.54. The van der Waals surface area contributed by atoms with E-state index in [0.717, 1.165) is 29.2 Å². The number of benzene rings is 1. The summed E-state index contributed by atoms with van der Waals surface area (Å²) in [4.78, 5) is 0. The molecule has 108 valence electrons. The van der Waals surface area contributed by atoms with Crippen LogP contribution in [0.25, 0.3) is 5.69 Å². The molecule has 21 heavy (non-hydrogen) atoms. The molecule has 1 aromatic carbocycles. The van der Waals surface area contributed by atoms with E-state index in [-0.39, 0.29) is 0 Å². The summed E-state index contributed by atoms with van der Waals surface area (Å²) in [6.07, 6.45) is 1.78. The Labute approximate surface area is 123 Å². The van der Waals surface area contributed by atoms with E-state index in [1.165, 1.54) is 0 Å². The first-order chi connectivity index (χ1) is 10.2.